The maximum Gasteiger partial charge on any atom is 0.306 e. The number of hydrogen-bond donors (Lipinski definition) is 2. The third-order valence-corrected chi connectivity index (χ3v) is 15.1. The van der Waals surface area contributed by atoms with Gasteiger partial charge in [0.1, 0.15) is 48.9 Å². The minimum Gasteiger partial charge on any atom is -0.507 e. The Bertz CT molecular complexity index is 2000. The fourth-order valence-electron chi connectivity index (χ4n) is 10.0. The van der Waals surface area contributed by atoms with Crippen LogP contribution in [0, 0.1) is 5.41 Å². The number of hydrogen-bond acceptors (Lipinski definition) is 10. The molecule has 1 aliphatic rings. The van der Waals surface area contributed by atoms with E-state index in [1.807, 2.05) is 31.2 Å². The van der Waals surface area contributed by atoms with Crippen molar-refractivity contribution in [2.75, 3.05) is 26.4 Å². The Kier molecular flexibility index (Phi) is 26.2. The number of esters is 3. The Labute approximate surface area is 456 Å². The third kappa shape index (κ3) is 21.7. The van der Waals surface area contributed by atoms with Gasteiger partial charge in [-0.25, -0.2) is 4.99 Å². The Hall–Kier alpha value is -4.08. The van der Waals surface area contributed by atoms with Gasteiger partial charge in [-0.1, -0.05) is 231 Å². The molecule has 0 saturated carbocycles. The Morgan fingerprint density at radius 3 is 1.21 bits per heavy atom. The predicted molar refractivity (Wildman–Crippen MR) is 308 cm³/mol. The third-order valence-electron chi connectivity index (χ3n) is 15.1. The van der Waals surface area contributed by atoms with Crippen molar-refractivity contribution < 1.29 is 43.5 Å². The van der Waals surface area contributed by atoms with Crippen LogP contribution in [0.3, 0.4) is 0 Å². The Balaban J connectivity index is 2.02. The van der Waals surface area contributed by atoms with Crippen LogP contribution in [-0.4, -0.2) is 66.0 Å². The molecule has 2 aromatic rings. The summed E-state index contributed by atoms with van der Waals surface area (Å²) in [6.07, 6.45) is 22.1. The molecule has 0 saturated heterocycles. The van der Waals surface area contributed by atoms with Crippen LogP contribution in [-0.2, 0) is 67.8 Å². The maximum atomic E-state index is 13.8. The van der Waals surface area contributed by atoms with Crippen molar-refractivity contribution in [3.63, 3.8) is 0 Å². The molecular formula is C65H107NO9. The van der Waals surface area contributed by atoms with Gasteiger partial charge in [0.25, 0.3) is 0 Å². The molecule has 10 heteroatoms. The lowest BCUT2D eigenvalue weighted by molar-refractivity contribution is -0.152. The van der Waals surface area contributed by atoms with Crippen LogP contribution < -0.4 is 0 Å². The molecule has 426 valence electrons. The molecule has 1 unspecified atom stereocenters. The first-order chi connectivity index (χ1) is 35.1. The SMILES string of the molecule is CCCCCCCCCCCC(=O)OCC(COC(=O)CCCCCCCCCCC)(Cc1cc(C(C)(C)C)c(O)c(C(C)(C)C)c1)C1=NC(CC)(COC(=O)CCc2cc(C(C)(C)C)c(O)c(C(C)(C)C)c2)CO1. The lowest BCUT2D eigenvalue weighted by atomic mass is 9.75. The standard InChI is InChI=1S/C65H107NO9/c1-16-19-21-23-25-27-29-31-33-35-54(67)72-44-64(45-73-55(68)36-34-32-30-28-26-24-22-20-17-2,43-49-41-52(62(10,11)12)58(71)53(42-49)63(13,14)15)59-66-65(18-3,47-75-59)46-74-56(69)38-37-48-39-50(60(4,5)6)57(70)51(40-48)61(7,8)9/h39-42,70-71H,16-38,43-47H2,1-15H3. The molecule has 0 fully saturated rings. The number of rotatable bonds is 33. The van der Waals surface area contributed by atoms with E-state index in [-0.39, 0.29) is 86.6 Å². The van der Waals surface area contributed by atoms with Crippen LogP contribution in [0.2, 0.25) is 0 Å². The molecule has 0 aliphatic carbocycles. The van der Waals surface area contributed by atoms with E-state index >= 15 is 0 Å². The van der Waals surface area contributed by atoms with Gasteiger partial charge in [0.15, 0.2) is 5.90 Å². The van der Waals surface area contributed by atoms with Crippen LogP contribution >= 0.6 is 0 Å². The summed E-state index contributed by atoms with van der Waals surface area (Å²) in [5.41, 5.74) is 1.43. The first-order valence-electron chi connectivity index (χ1n) is 29.5. The number of unbranched alkanes of at least 4 members (excludes halogenated alkanes) is 16. The van der Waals surface area contributed by atoms with Crippen molar-refractivity contribution >= 4 is 23.8 Å². The quantitative estimate of drug-likeness (QED) is 0.0406. The molecule has 1 aliphatic heterocycles. The highest BCUT2D eigenvalue weighted by Crippen LogP contribution is 2.43. The minimum atomic E-state index is -1.25. The highest BCUT2D eigenvalue weighted by Gasteiger charge is 2.49. The van der Waals surface area contributed by atoms with Gasteiger partial charge in [-0.3, -0.25) is 14.4 Å². The zero-order valence-electron chi connectivity index (χ0n) is 50.3. The van der Waals surface area contributed by atoms with E-state index in [0.717, 1.165) is 84.7 Å². The Morgan fingerprint density at radius 2 is 0.853 bits per heavy atom. The molecule has 75 heavy (non-hydrogen) atoms. The number of nitrogens with zero attached hydrogens (tertiary/aromatic N) is 1. The lowest BCUT2D eigenvalue weighted by Crippen LogP contribution is -2.44. The van der Waals surface area contributed by atoms with Crippen LogP contribution in [0.1, 0.15) is 278 Å². The number of carbonyl (C=O) groups excluding carboxylic acids is 3. The summed E-state index contributed by atoms with van der Waals surface area (Å²) in [5.74, 6) is -0.179. The number of carbonyl (C=O) groups is 3. The van der Waals surface area contributed by atoms with E-state index in [2.05, 4.69) is 96.9 Å². The van der Waals surface area contributed by atoms with Crippen LogP contribution in [0.15, 0.2) is 29.3 Å². The monoisotopic (exact) mass is 1050 g/mol. The van der Waals surface area contributed by atoms with Gasteiger partial charge in [-0.2, -0.15) is 0 Å². The van der Waals surface area contributed by atoms with E-state index in [4.69, 9.17) is 23.9 Å². The van der Waals surface area contributed by atoms with Crippen LogP contribution in [0.4, 0.5) is 0 Å². The second-order valence-corrected chi connectivity index (χ2v) is 26.5. The van der Waals surface area contributed by atoms with Gasteiger partial charge >= 0.3 is 17.9 Å². The van der Waals surface area contributed by atoms with Crippen LogP contribution in [0.25, 0.3) is 0 Å². The number of aliphatic imine (C=N–C) groups is 1. The number of ether oxygens (including phenoxy) is 4. The van der Waals surface area contributed by atoms with Crippen molar-refractivity contribution in [1.82, 2.24) is 0 Å². The van der Waals surface area contributed by atoms with E-state index in [9.17, 15) is 24.6 Å². The first-order valence-corrected chi connectivity index (χ1v) is 29.5. The summed E-state index contributed by atoms with van der Waals surface area (Å²) in [5, 5.41) is 23.1. The van der Waals surface area contributed by atoms with Gasteiger partial charge in [-0.15, -0.1) is 0 Å². The molecule has 1 heterocycles. The number of phenols is 2. The lowest BCUT2D eigenvalue weighted by Gasteiger charge is -2.34. The normalized spacial score (nSPS) is 15.4. The van der Waals surface area contributed by atoms with E-state index in [1.165, 1.54) is 64.2 Å². The summed E-state index contributed by atoms with van der Waals surface area (Å²) in [4.78, 5) is 46.6. The molecular weight excluding hydrogens is 939 g/mol. The van der Waals surface area contributed by atoms with Gasteiger partial charge in [0.2, 0.25) is 0 Å². The summed E-state index contributed by atoms with van der Waals surface area (Å²) in [6.45, 7) is 31.1. The fraction of sp³-hybridized carbons (Fsp3) is 0.754. The molecule has 1 atom stereocenters. The van der Waals surface area contributed by atoms with Crippen molar-refractivity contribution in [1.29, 1.82) is 0 Å². The summed E-state index contributed by atoms with van der Waals surface area (Å²) < 4.78 is 25.3. The molecule has 0 aromatic heterocycles. The Morgan fingerprint density at radius 1 is 0.507 bits per heavy atom. The second kappa shape index (κ2) is 30.2. The number of benzene rings is 2. The van der Waals surface area contributed by atoms with Crippen molar-refractivity contribution in [2.24, 2.45) is 10.4 Å². The average molecular weight is 1050 g/mol. The fourth-order valence-corrected chi connectivity index (χ4v) is 10.0. The van der Waals surface area contributed by atoms with Gasteiger partial charge in [-0.05, 0) is 87.1 Å². The molecule has 3 rings (SSSR count). The van der Waals surface area contributed by atoms with E-state index in [0.29, 0.717) is 24.5 Å². The number of aromatic hydroxyl groups is 2. The molecule has 0 radical (unpaired) electrons. The van der Waals surface area contributed by atoms with Crippen molar-refractivity contribution in [2.45, 2.75) is 285 Å². The molecule has 0 amide bonds. The van der Waals surface area contributed by atoms with Gasteiger partial charge in [0.05, 0.1) is 0 Å². The smallest absolute Gasteiger partial charge is 0.306 e. The molecule has 2 N–H and O–H groups in total. The average Bonchev–Trinajstić information content (AvgIpc) is 3.77. The molecule has 0 bridgehead atoms. The van der Waals surface area contributed by atoms with Crippen molar-refractivity contribution in [3.8, 4) is 11.5 Å². The highest BCUT2D eigenvalue weighted by molar-refractivity contribution is 5.86. The molecule has 0 spiro atoms. The largest absolute Gasteiger partial charge is 0.507 e. The zero-order chi connectivity index (χ0) is 56.1. The first kappa shape index (κ1) is 65.2. The summed E-state index contributed by atoms with van der Waals surface area (Å²) in [6, 6.07) is 8.03. The van der Waals surface area contributed by atoms with Crippen molar-refractivity contribution in [3.05, 3.63) is 57.6 Å². The van der Waals surface area contributed by atoms with Gasteiger partial charge < -0.3 is 29.2 Å². The number of phenolic OH excluding ortho intramolecular Hbond substituents is 2. The predicted octanol–water partition coefficient (Wildman–Crippen LogP) is 16.5. The maximum absolute atomic E-state index is 13.8. The van der Waals surface area contributed by atoms with E-state index in [1.54, 1.807) is 0 Å². The summed E-state index contributed by atoms with van der Waals surface area (Å²) >= 11 is 0. The van der Waals surface area contributed by atoms with Gasteiger partial charge in [0, 0.05) is 19.3 Å². The van der Waals surface area contributed by atoms with Crippen LogP contribution in [0.5, 0.6) is 11.5 Å². The minimum absolute atomic E-state index is 0.0314. The molecule has 10 nitrogen and oxygen atoms in total. The highest BCUT2D eigenvalue weighted by atomic mass is 16.6. The van der Waals surface area contributed by atoms with E-state index < -0.39 is 21.8 Å². The number of aryl methyl sites for hydroxylation is 1. The summed E-state index contributed by atoms with van der Waals surface area (Å²) in [7, 11) is 0. The second-order valence-electron chi connectivity index (χ2n) is 26.5. The molecule has 2 aromatic carbocycles. The topological polar surface area (TPSA) is 141 Å². The zero-order valence-corrected chi connectivity index (χ0v) is 50.3.